The van der Waals surface area contributed by atoms with Gasteiger partial charge in [-0.1, -0.05) is 65.7 Å². The standard InChI is InChI=1S/C34H25Cl2N3O4/c1-3-8-23-15-21(16-30(41-2)32(23)42-20-24-13-14-25(35)18-27(24)36)19-37-39-33(31-17-22-9-4-7-12-29(22)43-31)38-28-11-6-5-10-26(28)34(39)40/h3-7,9-19H,1,8,20H2,2H3. The summed E-state index contributed by atoms with van der Waals surface area (Å²) in [6, 6.07) is 25.6. The largest absolute Gasteiger partial charge is 0.493 e. The minimum atomic E-state index is -0.324. The van der Waals surface area contributed by atoms with Crippen molar-refractivity contribution >= 4 is 51.3 Å². The summed E-state index contributed by atoms with van der Waals surface area (Å²) in [6.07, 6.45) is 3.86. The second kappa shape index (κ2) is 12.2. The van der Waals surface area contributed by atoms with Crippen molar-refractivity contribution in [2.24, 2.45) is 5.10 Å². The quantitative estimate of drug-likeness (QED) is 0.122. The van der Waals surface area contributed by atoms with E-state index in [0.29, 0.717) is 55.8 Å². The average molecular weight is 610 g/mol. The Morgan fingerprint density at radius 2 is 1.81 bits per heavy atom. The molecule has 0 spiro atoms. The fourth-order valence-corrected chi connectivity index (χ4v) is 5.24. The highest BCUT2D eigenvalue weighted by Crippen LogP contribution is 2.35. The van der Waals surface area contributed by atoms with Crippen LogP contribution >= 0.6 is 23.2 Å². The average Bonchev–Trinajstić information content (AvgIpc) is 3.45. The fourth-order valence-electron chi connectivity index (χ4n) is 4.78. The summed E-state index contributed by atoms with van der Waals surface area (Å²) >= 11 is 12.4. The van der Waals surface area contributed by atoms with Crippen molar-refractivity contribution < 1.29 is 13.9 Å². The summed E-state index contributed by atoms with van der Waals surface area (Å²) in [5, 5.41) is 6.99. The van der Waals surface area contributed by atoms with E-state index in [1.165, 1.54) is 4.68 Å². The third-order valence-corrected chi connectivity index (χ3v) is 7.43. The van der Waals surface area contributed by atoms with Crippen LogP contribution in [0.2, 0.25) is 10.0 Å². The lowest BCUT2D eigenvalue weighted by Crippen LogP contribution is -2.20. The number of halogens is 2. The summed E-state index contributed by atoms with van der Waals surface area (Å²) in [5.74, 6) is 1.76. The predicted molar refractivity (Wildman–Crippen MR) is 172 cm³/mol. The highest BCUT2D eigenvalue weighted by Gasteiger charge is 2.17. The minimum Gasteiger partial charge on any atom is -0.493 e. The summed E-state index contributed by atoms with van der Waals surface area (Å²) < 4.78 is 19.2. The van der Waals surface area contributed by atoms with E-state index >= 15 is 0 Å². The Hall–Kier alpha value is -4.85. The molecule has 0 saturated carbocycles. The van der Waals surface area contributed by atoms with E-state index in [2.05, 4.69) is 11.7 Å². The molecule has 6 aromatic rings. The summed E-state index contributed by atoms with van der Waals surface area (Å²) in [4.78, 5) is 18.4. The monoisotopic (exact) mass is 609 g/mol. The summed E-state index contributed by atoms with van der Waals surface area (Å²) in [7, 11) is 1.56. The van der Waals surface area contributed by atoms with Gasteiger partial charge in [-0.05, 0) is 60.5 Å². The smallest absolute Gasteiger partial charge is 0.282 e. The first kappa shape index (κ1) is 28.3. The molecular weight excluding hydrogens is 585 g/mol. The van der Waals surface area contributed by atoms with Gasteiger partial charge in [-0.2, -0.15) is 9.78 Å². The van der Waals surface area contributed by atoms with Gasteiger partial charge in [0.2, 0.25) is 5.82 Å². The van der Waals surface area contributed by atoms with Gasteiger partial charge in [-0.15, -0.1) is 6.58 Å². The first-order chi connectivity index (χ1) is 20.9. The number of allylic oxidation sites excluding steroid dienone is 1. The Morgan fingerprint density at radius 3 is 2.60 bits per heavy atom. The van der Waals surface area contributed by atoms with Crippen LogP contribution in [0.1, 0.15) is 16.7 Å². The van der Waals surface area contributed by atoms with Gasteiger partial charge in [-0.25, -0.2) is 4.98 Å². The lowest BCUT2D eigenvalue weighted by Gasteiger charge is -2.16. The van der Waals surface area contributed by atoms with Crippen LogP contribution in [0.3, 0.4) is 0 Å². The fraction of sp³-hybridized carbons (Fsp3) is 0.0882. The predicted octanol–water partition coefficient (Wildman–Crippen LogP) is 8.31. The van der Waals surface area contributed by atoms with E-state index in [0.717, 1.165) is 16.5 Å². The molecule has 0 aliphatic rings. The van der Waals surface area contributed by atoms with Gasteiger partial charge in [-0.3, -0.25) is 4.79 Å². The topological polar surface area (TPSA) is 78.9 Å². The lowest BCUT2D eigenvalue weighted by atomic mass is 10.1. The molecule has 2 heterocycles. The molecule has 43 heavy (non-hydrogen) atoms. The number of fused-ring (bicyclic) bond motifs is 2. The summed E-state index contributed by atoms with van der Waals surface area (Å²) in [5.41, 5.74) is 3.19. The van der Waals surface area contributed by atoms with Gasteiger partial charge in [0.1, 0.15) is 12.2 Å². The Bertz CT molecular complexity index is 2050. The van der Waals surface area contributed by atoms with Crippen LogP contribution in [0.15, 0.2) is 112 Å². The van der Waals surface area contributed by atoms with Crippen LogP contribution in [0.4, 0.5) is 0 Å². The Morgan fingerprint density at radius 1 is 1.00 bits per heavy atom. The van der Waals surface area contributed by atoms with E-state index in [-0.39, 0.29) is 18.0 Å². The molecule has 0 saturated heterocycles. The molecule has 0 aliphatic carbocycles. The maximum absolute atomic E-state index is 13.7. The number of hydrogen-bond acceptors (Lipinski definition) is 6. The van der Waals surface area contributed by atoms with Gasteiger partial charge in [0.05, 0.1) is 24.2 Å². The zero-order valence-corrected chi connectivity index (χ0v) is 24.6. The second-order valence-electron chi connectivity index (χ2n) is 9.69. The van der Waals surface area contributed by atoms with E-state index in [1.54, 1.807) is 55.8 Å². The molecule has 0 aliphatic heterocycles. The Kier molecular flexibility index (Phi) is 8.01. The molecule has 0 unspecified atom stereocenters. The third-order valence-electron chi connectivity index (χ3n) is 6.85. The number of nitrogens with zero attached hydrogens (tertiary/aromatic N) is 3. The number of rotatable bonds is 9. The molecule has 4 aromatic carbocycles. The molecule has 0 N–H and O–H groups in total. The molecule has 0 bridgehead atoms. The first-order valence-electron chi connectivity index (χ1n) is 13.4. The molecule has 0 atom stereocenters. The first-order valence-corrected chi connectivity index (χ1v) is 14.1. The van der Waals surface area contributed by atoms with Crippen LogP contribution < -0.4 is 15.0 Å². The van der Waals surface area contributed by atoms with Crippen molar-refractivity contribution in [3.8, 4) is 23.1 Å². The van der Waals surface area contributed by atoms with Gasteiger partial charge in [0, 0.05) is 26.6 Å². The summed E-state index contributed by atoms with van der Waals surface area (Å²) in [6.45, 7) is 4.10. The number of hydrogen-bond donors (Lipinski definition) is 0. The van der Waals surface area contributed by atoms with Crippen LogP contribution in [0, 0.1) is 0 Å². The van der Waals surface area contributed by atoms with E-state index < -0.39 is 0 Å². The SMILES string of the molecule is C=CCc1cc(C=Nn2c(-c3cc4ccccc4o3)nc3ccccc3c2=O)cc(OC)c1OCc1ccc(Cl)cc1Cl. The molecule has 9 heteroatoms. The van der Waals surface area contributed by atoms with Gasteiger partial charge in [0.15, 0.2) is 17.3 Å². The number of methoxy groups -OCH3 is 1. The molecule has 0 fully saturated rings. The van der Waals surface area contributed by atoms with Gasteiger partial charge < -0.3 is 13.9 Å². The van der Waals surface area contributed by atoms with Crippen LogP contribution in [-0.2, 0) is 13.0 Å². The number of ether oxygens (including phenoxy) is 2. The highest BCUT2D eigenvalue weighted by atomic mass is 35.5. The molecule has 7 nitrogen and oxygen atoms in total. The van der Waals surface area contributed by atoms with Crippen LogP contribution in [-0.4, -0.2) is 23.0 Å². The van der Waals surface area contributed by atoms with E-state index in [1.807, 2.05) is 48.5 Å². The van der Waals surface area contributed by atoms with Crippen molar-refractivity contribution in [3.05, 3.63) is 135 Å². The van der Waals surface area contributed by atoms with E-state index in [4.69, 9.17) is 42.1 Å². The van der Waals surface area contributed by atoms with Gasteiger partial charge in [0.25, 0.3) is 5.56 Å². The maximum Gasteiger partial charge on any atom is 0.282 e. The highest BCUT2D eigenvalue weighted by molar-refractivity contribution is 6.35. The minimum absolute atomic E-state index is 0.211. The van der Waals surface area contributed by atoms with Crippen molar-refractivity contribution in [2.45, 2.75) is 13.0 Å². The van der Waals surface area contributed by atoms with Gasteiger partial charge >= 0.3 is 0 Å². The molecule has 214 valence electrons. The van der Waals surface area contributed by atoms with Crippen molar-refractivity contribution in [2.75, 3.05) is 7.11 Å². The molecule has 2 aromatic heterocycles. The van der Waals surface area contributed by atoms with Crippen molar-refractivity contribution in [1.29, 1.82) is 0 Å². The van der Waals surface area contributed by atoms with Crippen molar-refractivity contribution in [3.63, 3.8) is 0 Å². The second-order valence-corrected chi connectivity index (χ2v) is 10.5. The normalized spacial score (nSPS) is 11.4. The number of para-hydroxylation sites is 2. The molecule has 0 amide bonds. The van der Waals surface area contributed by atoms with Crippen molar-refractivity contribution in [1.82, 2.24) is 9.66 Å². The Balaban J connectivity index is 1.42. The Labute approximate surface area is 257 Å². The maximum atomic E-state index is 13.7. The zero-order chi connectivity index (χ0) is 29.9. The number of furan rings is 1. The van der Waals surface area contributed by atoms with E-state index in [9.17, 15) is 4.79 Å². The number of benzene rings is 4. The third kappa shape index (κ3) is 5.78. The number of aromatic nitrogens is 2. The van der Waals surface area contributed by atoms with Crippen LogP contribution in [0.5, 0.6) is 11.5 Å². The molecular formula is C34H25Cl2N3O4. The zero-order valence-electron chi connectivity index (χ0n) is 23.1. The molecule has 0 radical (unpaired) electrons. The molecule has 6 rings (SSSR count). The van der Waals surface area contributed by atoms with Crippen LogP contribution in [0.25, 0.3) is 33.5 Å². The lowest BCUT2D eigenvalue weighted by molar-refractivity contribution is 0.282.